The fraction of sp³-hybridized carbons (Fsp3) is 0.269. The summed E-state index contributed by atoms with van der Waals surface area (Å²) in [5.41, 5.74) is 5.19. The first-order valence-corrected chi connectivity index (χ1v) is 13.7. The summed E-state index contributed by atoms with van der Waals surface area (Å²) in [6.45, 7) is 2.51. The fourth-order valence-corrected chi connectivity index (χ4v) is 5.96. The number of nitrogens with zero attached hydrogens (tertiary/aromatic N) is 1. The number of methoxy groups -OCH3 is 2. The average Bonchev–Trinajstić information content (AvgIpc) is 3.38. The van der Waals surface area contributed by atoms with Gasteiger partial charge in [-0.05, 0) is 54.4 Å². The van der Waals surface area contributed by atoms with E-state index in [2.05, 4.69) is 15.2 Å². The highest BCUT2D eigenvalue weighted by molar-refractivity contribution is 7.89. The van der Waals surface area contributed by atoms with Crippen LogP contribution >= 0.6 is 23.2 Å². The van der Waals surface area contributed by atoms with E-state index >= 15 is 0 Å². The van der Waals surface area contributed by atoms with Gasteiger partial charge in [0.2, 0.25) is 10.0 Å². The number of rotatable bonds is 10. The number of nitrogens with one attached hydrogen (secondary N) is 2. The van der Waals surface area contributed by atoms with E-state index in [0.717, 1.165) is 11.3 Å². The molecule has 0 aliphatic carbocycles. The van der Waals surface area contributed by atoms with Gasteiger partial charge in [0.05, 0.1) is 38.6 Å². The highest BCUT2D eigenvalue weighted by atomic mass is 35.5. The Balaban J connectivity index is 1.68. The van der Waals surface area contributed by atoms with Crippen LogP contribution in [0, 0.1) is 0 Å². The molecule has 0 aromatic heterocycles. The van der Waals surface area contributed by atoms with Gasteiger partial charge in [-0.1, -0.05) is 41.4 Å². The summed E-state index contributed by atoms with van der Waals surface area (Å²) < 4.78 is 46.1. The van der Waals surface area contributed by atoms with Crippen LogP contribution in [0.4, 0.5) is 0 Å². The molecule has 0 spiro atoms. The Hall–Kier alpha value is -2.98. The molecule has 0 fully saturated rings. The van der Waals surface area contributed by atoms with Crippen LogP contribution in [0.2, 0.25) is 10.0 Å². The number of hydrazone groups is 1. The monoisotopic (exact) mass is 563 g/mol. The molecular formula is C26H27Cl2N3O5S. The van der Waals surface area contributed by atoms with Crippen molar-refractivity contribution < 1.29 is 22.6 Å². The molecule has 2 unspecified atom stereocenters. The van der Waals surface area contributed by atoms with Crippen LogP contribution in [-0.2, 0) is 10.0 Å². The van der Waals surface area contributed by atoms with E-state index in [-0.39, 0.29) is 16.7 Å². The van der Waals surface area contributed by atoms with Gasteiger partial charge in [0.15, 0.2) is 0 Å². The van der Waals surface area contributed by atoms with Gasteiger partial charge >= 0.3 is 0 Å². The van der Waals surface area contributed by atoms with E-state index in [4.69, 9.17) is 37.4 Å². The molecule has 8 nitrogen and oxygen atoms in total. The van der Waals surface area contributed by atoms with Crippen molar-refractivity contribution in [2.45, 2.75) is 30.3 Å². The maximum atomic E-state index is 13.6. The number of halogens is 2. The standard InChI is InChI=1S/C26H27Cl2N3O5S/c1-4-36-18-8-5-16(6-9-18)22-15-23(30-29-22)26(20-11-7-17(27)13-21(20)28)31-37(32,33)25-14-19(34-2)10-12-24(25)35-3/h5-14,22,26,29,31H,4,15H2,1-3H3. The maximum Gasteiger partial charge on any atom is 0.245 e. The molecule has 0 radical (unpaired) electrons. The minimum absolute atomic E-state index is 0.0703. The number of ether oxygens (including phenoxy) is 3. The Labute approximate surface area is 226 Å². The molecule has 11 heteroatoms. The highest BCUT2D eigenvalue weighted by Crippen LogP contribution is 2.35. The summed E-state index contributed by atoms with van der Waals surface area (Å²) in [5.74, 6) is 1.32. The first-order chi connectivity index (χ1) is 17.7. The van der Waals surface area contributed by atoms with Gasteiger partial charge < -0.3 is 19.6 Å². The summed E-state index contributed by atoms with van der Waals surface area (Å²) in [6, 6.07) is 16.1. The summed E-state index contributed by atoms with van der Waals surface area (Å²) in [7, 11) is -1.25. The van der Waals surface area contributed by atoms with Gasteiger partial charge in [-0.2, -0.15) is 9.82 Å². The van der Waals surface area contributed by atoms with E-state index in [9.17, 15) is 8.42 Å². The molecular weight excluding hydrogens is 537 g/mol. The molecule has 196 valence electrons. The molecule has 0 saturated heterocycles. The first-order valence-electron chi connectivity index (χ1n) is 11.5. The van der Waals surface area contributed by atoms with Crippen molar-refractivity contribution in [2.75, 3.05) is 20.8 Å². The Bertz CT molecular complexity index is 1400. The Morgan fingerprint density at radius 3 is 2.41 bits per heavy atom. The zero-order valence-corrected chi connectivity index (χ0v) is 22.8. The van der Waals surface area contributed by atoms with E-state index in [1.165, 1.54) is 26.4 Å². The van der Waals surface area contributed by atoms with Gasteiger partial charge in [0.1, 0.15) is 22.1 Å². The molecule has 3 aromatic rings. The molecule has 2 atom stereocenters. The van der Waals surface area contributed by atoms with E-state index in [1.807, 2.05) is 31.2 Å². The summed E-state index contributed by atoms with van der Waals surface area (Å²) >= 11 is 12.6. The SMILES string of the molecule is CCOc1ccc(C2CC(C(NS(=O)(=O)c3cc(OC)ccc3OC)c3ccc(Cl)cc3Cl)=NN2)cc1. The third kappa shape index (κ3) is 6.13. The number of sulfonamides is 1. The zero-order valence-electron chi connectivity index (χ0n) is 20.5. The minimum Gasteiger partial charge on any atom is -0.497 e. The molecule has 0 amide bonds. The number of hydrogen-bond donors (Lipinski definition) is 2. The van der Waals surface area contributed by atoms with Crippen molar-refractivity contribution in [3.8, 4) is 17.2 Å². The van der Waals surface area contributed by atoms with Crippen LogP contribution in [0.1, 0.15) is 36.6 Å². The molecule has 1 aliphatic heterocycles. The third-order valence-corrected chi connectivity index (χ3v) is 7.92. The lowest BCUT2D eigenvalue weighted by Gasteiger charge is -2.22. The topological polar surface area (TPSA) is 98.2 Å². The smallest absolute Gasteiger partial charge is 0.245 e. The van der Waals surface area contributed by atoms with E-state index in [1.54, 1.807) is 24.3 Å². The predicted octanol–water partition coefficient (Wildman–Crippen LogP) is 5.52. The van der Waals surface area contributed by atoms with Gasteiger partial charge in [0.25, 0.3) is 0 Å². The zero-order chi connectivity index (χ0) is 26.6. The lowest BCUT2D eigenvalue weighted by Crippen LogP contribution is -2.34. The van der Waals surface area contributed by atoms with Crippen LogP contribution in [0.5, 0.6) is 17.2 Å². The van der Waals surface area contributed by atoms with E-state index in [0.29, 0.717) is 40.1 Å². The summed E-state index contributed by atoms with van der Waals surface area (Å²) in [6.07, 6.45) is 0.440. The quantitative estimate of drug-likeness (QED) is 0.337. The van der Waals surface area contributed by atoms with Crippen molar-refractivity contribution in [3.63, 3.8) is 0 Å². The molecule has 2 N–H and O–H groups in total. The van der Waals surface area contributed by atoms with Crippen molar-refractivity contribution in [1.82, 2.24) is 10.1 Å². The van der Waals surface area contributed by atoms with Crippen molar-refractivity contribution in [2.24, 2.45) is 5.10 Å². The van der Waals surface area contributed by atoms with Crippen LogP contribution in [0.15, 0.2) is 70.7 Å². The average molecular weight is 564 g/mol. The second kappa shape index (κ2) is 11.6. The van der Waals surface area contributed by atoms with Crippen LogP contribution in [0.25, 0.3) is 0 Å². The fourth-order valence-electron chi connectivity index (χ4n) is 4.06. The lowest BCUT2D eigenvalue weighted by molar-refractivity contribution is 0.340. The maximum absolute atomic E-state index is 13.6. The summed E-state index contributed by atoms with van der Waals surface area (Å²) in [5, 5.41) is 5.25. The molecule has 0 saturated carbocycles. The van der Waals surface area contributed by atoms with Crippen molar-refractivity contribution in [3.05, 3.63) is 81.8 Å². The van der Waals surface area contributed by atoms with Crippen molar-refractivity contribution >= 4 is 38.9 Å². The Kier molecular flexibility index (Phi) is 8.49. The normalized spacial score (nSPS) is 16.0. The number of benzene rings is 3. The van der Waals surface area contributed by atoms with Crippen LogP contribution in [0.3, 0.4) is 0 Å². The summed E-state index contributed by atoms with van der Waals surface area (Å²) in [4.78, 5) is -0.0703. The second-order valence-electron chi connectivity index (χ2n) is 8.23. The molecule has 3 aromatic carbocycles. The molecule has 37 heavy (non-hydrogen) atoms. The second-order valence-corrected chi connectivity index (χ2v) is 10.8. The van der Waals surface area contributed by atoms with Gasteiger partial charge in [-0.3, -0.25) is 0 Å². The molecule has 4 rings (SSSR count). The Morgan fingerprint density at radius 2 is 1.76 bits per heavy atom. The highest BCUT2D eigenvalue weighted by Gasteiger charge is 2.33. The molecule has 1 heterocycles. The first kappa shape index (κ1) is 27.1. The van der Waals surface area contributed by atoms with Crippen LogP contribution < -0.4 is 24.4 Å². The predicted molar refractivity (Wildman–Crippen MR) is 145 cm³/mol. The van der Waals surface area contributed by atoms with E-state index < -0.39 is 16.1 Å². The lowest BCUT2D eigenvalue weighted by atomic mass is 9.96. The van der Waals surface area contributed by atoms with Gasteiger partial charge in [-0.15, -0.1) is 0 Å². The van der Waals surface area contributed by atoms with Gasteiger partial charge in [0, 0.05) is 22.5 Å². The molecule has 1 aliphatic rings. The third-order valence-electron chi connectivity index (χ3n) is 5.91. The number of hydrogen-bond acceptors (Lipinski definition) is 7. The van der Waals surface area contributed by atoms with Crippen molar-refractivity contribution in [1.29, 1.82) is 0 Å². The molecule has 0 bridgehead atoms. The van der Waals surface area contributed by atoms with Gasteiger partial charge in [-0.25, -0.2) is 8.42 Å². The Morgan fingerprint density at radius 1 is 1.03 bits per heavy atom. The minimum atomic E-state index is -4.11. The largest absolute Gasteiger partial charge is 0.497 e. The van der Waals surface area contributed by atoms with Crippen LogP contribution in [-0.4, -0.2) is 35.0 Å².